The van der Waals surface area contributed by atoms with Crippen LogP contribution in [0.1, 0.15) is 23.6 Å². The molecule has 6 aromatic carbocycles. The van der Waals surface area contributed by atoms with Crippen LogP contribution in [0.15, 0.2) is 144 Å². The first-order chi connectivity index (χ1) is 21.3. The highest BCUT2D eigenvalue weighted by molar-refractivity contribution is 6.23. The molecule has 202 valence electrons. The molecule has 0 amide bonds. The van der Waals surface area contributed by atoms with Crippen LogP contribution in [-0.2, 0) is 0 Å². The number of furan rings is 1. The van der Waals surface area contributed by atoms with Gasteiger partial charge in [-0.3, -0.25) is 4.98 Å². The second-order valence-corrected chi connectivity index (χ2v) is 11.3. The van der Waals surface area contributed by atoms with Crippen LogP contribution in [0.3, 0.4) is 0 Å². The van der Waals surface area contributed by atoms with Crippen LogP contribution in [-0.4, -0.2) is 9.97 Å². The molecule has 0 N–H and O–H groups in total. The van der Waals surface area contributed by atoms with Gasteiger partial charge in [-0.1, -0.05) is 127 Å². The van der Waals surface area contributed by atoms with Crippen molar-refractivity contribution in [1.29, 1.82) is 0 Å². The number of allylic oxidation sites excluding steroid dienone is 4. The molecule has 1 atom stereocenters. The van der Waals surface area contributed by atoms with Gasteiger partial charge in [0.15, 0.2) is 0 Å². The summed E-state index contributed by atoms with van der Waals surface area (Å²) in [6, 6.07) is 40.4. The molecule has 8 aromatic rings. The van der Waals surface area contributed by atoms with Gasteiger partial charge in [0.25, 0.3) is 0 Å². The fraction of sp³-hybridized carbons (Fsp3) is 0.0500. The summed E-state index contributed by atoms with van der Waals surface area (Å²) in [5.41, 5.74) is 9.48. The lowest BCUT2D eigenvalue weighted by Gasteiger charge is -2.19. The first kappa shape index (κ1) is 24.1. The van der Waals surface area contributed by atoms with E-state index in [0.717, 1.165) is 61.4 Å². The highest BCUT2D eigenvalue weighted by atomic mass is 16.3. The standard InChI is InChI=1S/C40H26N2O/c1-2-11-28(34-17-9-18-35-31-14-7-8-19-37(31)43-40(34)35)27(10-1)25-20-22-26(23-21-25)36-24-41-38-32-15-5-3-12-29(32)30-13-4-6-16-33(30)39(38)42-36/h1-22,24,26H,23H2. The van der Waals surface area contributed by atoms with E-state index in [2.05, 4.69) is 121 Å². The van der Waals surface area contributed by atoms with Crippen LogP contribution in [0.25, 0.3) is 71.2 Å². The van der Waals surface area contributed by atoms with Crippen molar-refractivity contribution in [1.82, 2.24) is 9.97 Å². The third-order valence-electron chi connectivity index (χ3n) is 8.86. The van der Waals surface area contributed by atoms with Crippen LogP contribution < -0.4 is 0 Å². The van der Waals surface area contributed by atoms with E-state index in [1.54, 1.807) is 0 Å². The Balaban J connectivity index is 1.11. The van der Waals surface area contributed by atoms with Crippen molar-refractivity contribution < 1.29 is 4.42 Å². The van der Waals surface area contributed by atoms with Gasteiger partial charge < -0.3 is 4.42 Å². The van der Waals surface area contributed by atoms with Crippen LogP contribution in [0, 0.1) is 0 Å². The van der Waals surface area contributed by atoms with Crippen LogP contribution in [0.4, 0.5) is 0 Å². The number of hydrogen-bond acceptors (Lipinski definition) is 3. The number of para-hydroxylation sites is 2. The van der Waals surface area contributed by atoms with Crippen LogP contribution in [0.2, 0.25) is 0 Å². The van der Waals surface area contributed by atoms with Crippen molar-refractivity contribution in [3.63, 3.8) is 0 Å². The molecule has 1 aliphatic rings. The molecule has 2 aromatic heterocycles. The fourth-order valence-corrected chi connectivity index (χ4v) is 6.78. The summed E-state index contributed by atoms with van der Waals surface area (Å²) < 4.78 is 6.39. The van der Waals surface area contributed by atoms with Gasteiger partial charge in [0.1, 0.15) is 11.2 Å². The van der Waals surface area contributed by atoms with Gasteiger partial charge in [-0.15, -0.1) is 0 Å². The predicted octanol–water partition coefficient (Wildman–Crippen LogP) is 10.6. The number of nitrogens with zero attached hydrogens (tertiary/aromatic N) is 2. The third-order valence-corrected chi connectivity index (χ3v) is 8.86. The zero-order chi connectivity index (χ0) is 28.3. The monoisotopic (exact) mass is 550 g/mol. The van der Waals surface area contributed by atoms with Crippen molar-refractivity contribution in [3.8, 4) is 11.1 Å². The minimum Gasteiger partial charge on any atom is -0.455 e. The molecule has 3 heteroatoms. The summed E-state index contributed by atoms with van der Waals surface area (Å²) in [7, 11) is 0. The summed E-state index contributed by atoms with van der Waals surface area (Å²) in [4.78, 5) is 10.2. The Kier molecular flexibility index (Phi) is 5.32. The number of benzene rings is 6. The van der Waals surface area contributed by atoms with Gasteiger partial charge in [0.05, 0.1) is 16.7 Å². The highest BCUT2D eigenvalue weighted by Gasteiger charge is 2.20. The second-order valence-electron chi connectivity index (χ2n) is 11.3. The lowest BCUT2D eigenvalue weighted by molar-refractivity contribution is 0.670. The normalized spacial score (nSPS) is 15.2. The first-order valence-electron chi connectivity index (χ1n) is 14.8. The summed E-state index contributed by atoms with van der Waals surface area (Å²) in [6.07, 6.45) is 9.70. The fourth-order valence-electron chi connectivity index (χ4n) is 6.78. The molecule has 0 spiro atoms. The predicted molar refractivity (Wildman–Crippen MR) is 178 cm³/mol. The molecular formula is C40H26N2O. The van der Waals surface area contributed by atoms with Crippen molar-refractivity contribution in [3.05, 3.63) is 151 Å². The SMILES string of the molecule is C1=CC(c2cnc3c4ccccc4c4ccccc4c3n2)CC=C1c1ccccc1-c1cccc2c1oc1ccccc12. The molecule has 0 saturated heterocycles. The molecule has 2 heterocycles. The molecule has 1 aliphatic carbocycles. The van der Waals surface area contributed by atoms with Gasteiger partial charge in [-0.2, -0.15) is 0 Å². The van der Waals surface area contributed by atoms with E-state index < -0.39 is 0 Å². The van der Waals surface area contributed by atoms with Gasteiger partial charge >= 0.3 is 0 Å². The summed E-state index contributed by atoms with van der Waals surface area (Å²) in [5, 5.41) is 7.02. The Morgan fingerprint density at radius 2 is 1.19 bits per heavy atom. The quantitative estimate of drug-likeness (QED) is 0.205. The minimum absolute atomic E-state index is 0.164. The molecule has 9 rings (SSSR count). The summed E-state index contributed by atoms with van der Waals surface area (Å²) >= 11 is 0. The maximum Gasteiger partial charge on any atom is 0.143 e. The molecule has 43 heavy (non-hydrogen) atoms. The summed E-state index contributed by atoms with van der Waals surface area (Å²) in [5.74, 6) is 0.164. The van der Waals surface area contributed by atoms with E-state index in [0.29, 0.717) is 0 Å². The van der Waals surface area contributed by atoms with Gasteiger partial charge in [-0.05, 0) is 40.0 Å². The Bertz CT molecular complexity index is 2410. The Labute approximate surface area is 248 Å². The Hall–Kier alpha value is -5.54. The van der Waals surface area contributed by atoms with Gasteiger partial charge in [-0.25, -0.2) is 4.98 Å². The lowest BCUT2D eigenvalue weighted by Crippen LogP contribution is -2.03. The Morgan fingerprint density at radius 3 is 1.95 bits per heavy atom. The number of hydrogen-bond donors (Lipinski definition) is 0. The average molecular weight is 551 g/mol. The molecule has 0 radical (unpaired) electrons. The molecule has 1 unspecified atom stereocenters. The zero-order valence-corrected chi connectivity index (χ0v) is 23.4. The largest absolute Gasteiger partial charge is 0.455 e. The zero-order valence-electron chi connectivity index (χ0n) is 23.4. The Morgan fingerprint density at radius 1 is 0.558 bits per heavy atom. The van der Waals surface area contributed by atoms with Crippen molar-refractivity contribution >= 4 is 60.1 Å². The number of rotatable bonds is 3. The molecule has 0 saturated carbocycles. The molecule has 0 bridgehead atoms. The lowest BCUT2D eigenvalue weighted by atomic mass is 9.87. The minimum atomic E-state index is 0.164. The van der Waals surface area contributed by atoms with E-state index in [4.69, 9.17) is 14.4 Å². The molecule has 0 fully saturated rings. The highest BCUT2D eigenvalue weighted by Crippen LogP contribution is 2.40. The topological polar surface area (TPSA) is 38.9 Å². The van der Waals surface area contributed by atoms with E-state index in [1.165, 1.54) is 27.5 Å². The molecule has 0 aliphatic heterocycles. The van der Waals surface area contributed by atoms with E-state index in [9.17, 15) is 0 Å². The number of fused-ring (bicyclic) bond motifs is 9. The molecular weight excluding hydrogens is 524 g/mol. The third kappa shape index (κ3) is 3.75. The van der Waals surface area contributed by atoms with E-state index in [-0.39, 0.29) is 5.92 Å². The van der Waals surface area contributed by atoms with Crippen molar-refractivity contribution in [2.45, 2.75) is 12.3 Å². The smallest absolute Gasteiger partial charge is 0.143 e. The van der Waals surface area contributed by atoms with Gasteiger partial charge in [0.2, 0.25) is 0 Å². The second kappa shape index (κ2) is 9.50. The van der Waals surface area contributed by atoms with Crippen molar-refractivity contribution in [2.75, 3.05) is 0 Å². The van der Waals surface area contributed by atoms with E-state index in [1.807, 2.05) is 18.3 Å². The first-order valence-corrected chi connectivity index (χ1v) is 14.8. The average Bonchev–Trinajstić information content (AvgIpc) is 3.47. The maximum absolute atomic E-state index is 6.39. The van der Waals surface area contributed by atoms with Crippen molar-refractivity contribution in [2.24, 2.45) is 0 Å². The van der Waals surface area contributed by atoms with E-state index >= 15 is 0 Å². The summed E-state index contributed by atoms with van der Waals surface area (Å²) in [6.45, 7) is 0. The van der Waals surface area contributed by atoms with Gasteiger partial charge in [0, 0.05) is 39.2 Å². The number of aromatic nitrogens is 2. The van der Waals surface area contributed by atoms with Crippen LogP contribution in [0.5, 0.6) is 0 Å². The maximum atomic E-state index is 6.39. The van der Waals surface area contributed by atoms with Crippen LogP contribution >= 0.6 is 0 Å². The molecule has 3 nitrogen and oxygen atoms in total.